The predicted molar refractivity (Wildman–Crippen MR) is 44.8 cm³/mol. The highest BCUT2D eigenvalue weighted by Crippen LogP contribution is 2.24. The summed E-state index contributed by atoms with van der Waals surface area (Å²) < 4.78 is 0. The minimum absolute atomic E-state index is 0.394. The Labute approximate surface area is 68.8 Å². The van der Waals surface area contributed by atoms with E-state index in [4.69, 9.17) is 23.2 Å². The molecule has 0 aliphatic carbocycles. The summed E-state index contributed by atoms with van der Waals surface area (Å²) in [5.74, 6) is 1.02. The fraction of sp³-hybridized carbons (Fsp3) is 0.800. The van der Waals surface area contributed by atoms with Crippen LogP contribution in [0, 0.1) is 0 Å². The van der Waals surface area contributed by atoms with E-state index in [1.807, 2.05) is 0 Å². The van der Waals surface area contributed by atoms with Crippen molar-refractivity contribution in [2.75, 3.05) is 5.75 Å². The lowest BCUT2D eigenvalue weighted by Crippen LogP contribution is -1.98. The lowest BCUT2D eigenvalue weighted by molar-refractivity contribution is 0.864. The van der Waals surface area contributed by atoms with Crippen LogP contribution in [0.1, 0.15) is 6.92 Å². The van der Waals surface area contributed by atoms with Gasteiger partial charge in [0, 0.05) is 5.75 Å². The SMILES string of the molecule is CC1CSC(C(Cl)Cl)=N1. The molecule has 0 aromatic rings. The highest BCUT2D eigenvalue weighted by molar-refractivity contribution is 8.14. The first-order chi connectivity index (χ1) is 4.20. The molecule has 4 heteroatoms. The fourth-order valence-electron chi connectivity index (χ4n) is 0.617. The second kappa shape index (κ2) is 3.13. The molecule has 0 saturated heterocycles. The van der Waals surface area contributed by atoms with Crippen molar-refractivity contribution in [1.29, 1.82) is 0 Å². The van der Waals surface area contributed by atoms with E-state index in [2.05, 4.69) is 11.9 Å². The van der Waals surface area contributed by atoms with Gasteiger partial charge in [-0.05, 0) is 6.92 Å². The van der Waals surface area contributed by atoms with Crippen LogP contribution < -0.4 is 0 Å². The Bertz CT molecular complexity index is 135. The third-order valence-corrected chi connectivity index (χ3v) is 2.96. The Morgan fingerprint density at radius 3 is 2.67 bits per heavy atom. The molecule has 0 bridgehead atoms. The maximum atomic E-state index is 5.56. The van der Waals surface area contributed by atoms with Crippen molar-refractivity contribution in [3.8, 4) is 0 Å². The largest absolute Gasteiger partial charge is 0.276 e. The average Bonchev–Trinajstić information content (AvgIpc) is 2.14. The number of hydrogen-bond acceptors (Lipinski definition) is 2. The lowest BCUT2D eigenvalue weighted by atomic mass is 10.4. The summed E-state index contributed by atoms with van der Waals surface area (Å²) >= 11 is 12.8. The normalized spacial score (nSPS) is 27.1. The number of alkyl halides is 2. The number of halogens is 2. The van der Waals surface area contributed by atoms with E-state index >= 15 is 0 Å². The molecular weight excluding hydrogens is 177 g/mol. The molecule has 0 aromatic heterocycles. The molecule has 0 radical (unpaired) electrons. The van der Waals surface area contributed by atoms with E-state index in [1.165, 1.54) is 0 Å². The minimum Gasteiger partial charge on any atom is -0.276 e. The highest BCUT2D eigenvalue weighted by atomic mass is 35.5. The third kappa shape index (κ3) is 2.03. The third-order valence-electron chi connectivity index (χ3n) is 1.01. The van der Waals surface area contributed by atoms with Gasteiger partial charge in [-0.1, -0.05) is 23.2 Å². The minimum atomic E-state index is -0.417. The Balaban J connectivity index is 2.52. The van der Waals surface area contributed by atoms with Gasteiger partial charge in [0.15, 0.2) is 4.84 Å². The van der Waals surface area contributed by atoms with Crippen LogP contribution in [-0.4, -0.2) is 21.7 Å². The van der Waals surface area contributed by atoms with Crippen LogP contribution >= 0.6 is 35.0 Å². The fourth-order valence-corrected chi connectivity index (χ4v) is 1.97. The van der Waals surface area contributed by atoms with Crippen LogP contribution in [0.5, 0.6) is 0 Å². The Morgan fingerprint density at radius 2 is 2.44 bits per heavy atom. The molecule has 1 atom stereocenters. The van der Waals surface area contributed by atoms with Crippen molar-refractivity contribution in [2.45, 2.75) is 17.8 Å². The van der Waals surface area contributed by atoms with E-state index in [0.29, 0.717) is 6.04 Å². The molecule has 0 saturated carbocycles. The van der Waals surface area contributed by atoms with Crippen LogP contribution in [0.2, 0.25) is 0 Å². The first kappa shape index (κ1) is 7.70. The van der Waals surface area contributed by atoms with E-state index < -0.39 is 4.84 Å². The van der Waals surface area contributed by atoms with Gasteiger partial charge in [0.2, 0.25) is 0 Å². The molecule has 52 valence electrons. The molecule has 1 nitrogen and oxygen atoms in total. The van der Waals surface area contributed by atoms with Crippen LogP contribution in [0.4, 0.5) is 0 Å². The van der Waals surface area contributed by atoms with Crippen LogP contribution in [0.15, 0.2) is 4.99 Å². The Kier molecular flexibility index (Phi) is 2.68. The topological polar surface area (TPSA) is 12.4 Å². The molecular formula is C5H7Cl2NS. The van der Waals surface area contributed by atoms with E-state index in [0.717, 1.165) is 10.8 Å². The van der Waals surface area contributed by atoms with Crippen molar-refractivity contribution < 1.29 is 0 Å². The van der Waals surface area contributed by atoms with Gasteiger partial charge >= 0.3 is 0 Å². The van der Waals surface area contributed by atoms with Crippen molar-refractivity contribution in [3.63, 3.8) is 0 Å². The zero-order chi connectivity index (χ0) is 6.85. The first-order valence-corrected chi connectivity index (χ1v) is 4.54. The predicted octanol–water partition coefficient (Wildman–Crippen LogP) is 2.32. The summed E-state index contributed by atoms with van der Waals surface area (Å²) in [5, 5.41) is 0.867. The summed E-state index contributed by atoms with van der Waals surface area (Å²) in [6, 6.07) is 0.394. The molecule has 0 N–H and O–H groups in total. The molecule has 1 heterocycles. The standard InChI is InChI=1S/C5H7Cl2NS/c1-3-2-9-5(8-3)4(6)7/h3-4H,2H2,1H3. The molecule has 0 aromatic carbocycles. The molecule has 1 rings (SSSR count). The van der Waals surface area contributed by atoms with Crippen molar-refractivity contribution in [3.05, 3.63) is 0 Å². The van der Waals surface area contributed by atoms with Crippen molar-refractivity contribution in [1.82, 2.24) is 0 Å². The highest BCUT2D eigenvalue weighted by Gasteiger charge is 2.18. The molecule has 9 heavy (non-hydrogen) atoms. The van der Waals surface area contributed by atoms with Crippen LogP contribution in [-0.2, 0) is 0 Å². The van der Waals surface area contributed by atoms with Gasteiger partial charge in [0.1, 0.15) is 5.04 Å². The molecule has 0 fully saturated rings. The quantitative estimate of drug-likeness (QED) is 0.569. The first-order valence-electron chi connectivity index (χ1n) is 2.69. The number of rotatable bonds is 1. The summed E-state index contributed by atoms with van der Waals surface area (Å²) in [7, 11) is 0. The van der Waals surface area contributed by atoms with Crippen molar-refractivity contribution >= 4 is 40.0 Å². The molecule has 1 aliphatic heterocycles. The second-order valence-electron chi connectivity index (χ2n) is 1.93. The Morgan fingerprint density at radius 1 is 1.78 bits per heavy atom. The lowest BCUT2D eigenvalue weighted by Gasteiger charge is -1.94. The summed E-state index contributed by atoms with van der Waals surface area (Å²) in [4.78, 5) is 3.79. The second-order valence-corrected chi connectivity index (χ2v) is 4.06. The number of nitrogens with zero attached hydrogens (tertiary/aromatic N) is 1. The molecule has 1 aliphatic rings. The molecule has 0 spiro atoms. The van der Waals surface area contributed by atoms with E-state index in [-0.39, 0.29) is 0 Å². The van der Waals surface area contributed by atoms with Gasteiger partial charge in [0.25, 0.3) is 0 Å². The van der Waals surface area contributed by atoms with E-state index in [1.54, 1.807) is 11.8 Å². The zero-order valence-electron chi connectivity index (χ0n) is 4.97. The number of thioether (sulfide) groups is 1. The van der Waals surface area contributed by atoms with Gasteiger partial charge in [-0.3, -0.25) is 4.99 Å². The average molecular weight is 184 g/mol. The molecule has 0 amide bonds. The maximum absolute atomic E-state index is 5.56. The smallest absolute Gasteiger partial charge is 0.155 e. The Hall–Kier alpha value is 0.600. The summed E-state index contributed by atoms with van der Waals surface area (Å²) in [5.41, 5.74) is 0. The molecule has 1 unspecified atom stereocenters. The van der Waals surface area contributed by atoms with Gasteiger partial charge in [-0.15, -0.1) is 11.8 Å². The van der Waals surface area contributed by atoms with Gasteiger partial charge in [-0.25, -0.2) is 0 Å². The zero-order valence-corrected chi connectivity index (χ0v) is 7.30. The van der Waals surface area contributed by atoms with Crippen LogP contribution in [0.3, 0.4) is 0 Å². The summed E-state index contributed by atoms with van der Waals surface area (Å²) in [6.45, 7) is 2.05. The number of hydrogen-bond donors (Lipinski definition) is 0. The van der Waals surface area contributed by atoms with Crippen molar-refractivity contribution in [2.24, 2.45) is 4.99 Å². The monoisotopic (exact) mass is 183 g/mol. The number of aliphatic imine (C=N–C) groups is 1. The summed E-state index contributed by atoms with van der Waals surface area (Å²) in [6.07, 6.45) is 0. The van der Waals surface area contributed by atoms with Gasteiger partial charge in [0.05, 0.1) is 6.04 Å². The van der Waals surface area contributed by atoms with Gasteiger partial charge in [-0.2, -0.15) is 0 Å². The van der Waals surface area contributed by atoms with E-state index in [9.17, 15) is 0 Å². The van der Waals surface area contributed by atoms with Gasteiger partial charge < -0.3 is 0 Å². The van der Waals surface area contributed by atoms with Crippen LogP contribution in [0.25, 0.3) is 0 Å². The maximum Gasteiger partial charge on any atom is 0.155 e.